The van der Waals surface area contributed by atoms with Crippen molar-refractivity contribution in [1.82, 2.24) is 0 Å². The number of allylic oxidation sites excluding steroid dienone is 2. The molecule has 2 aliphatic heterocycles. The van der Waals surface area contributed by atoms with Gasteiger partial charge in [0.05, 0.1) is 24.2 Å². The molecule has 0 aromatic rings. The zero-order chi connectivity index (χ0) is 34.1. The summed E-state index contributed by atoms with van der Waals surface area (Å²) in [6, 6.07) is 0. The van der Waals surface area contributed by atoms with Crippen LogP contribution in [-0.4, -0.2) is 81.9 Å². The van der Waals surface area contributed by atoms with Gasteiger partial charge in [-0.05, 0) is 51.7 Å². The van der Waals surface area contributed by atoms with E-state index >= 15 is 0 Å². The van der Waals surface area contributed by atoms with Crippen molar-refractivity contribution in [2.75, 3.05) is 0 Å². The Hall–Kier alpha value is -3.02. The number of aliphatic hydroxyl groups is 2. The second-order valence-electron chi connectivity index (χ2n) is 12.9. The molecular formula is C34H52O11. The third-order valence-corrected chi connectivity index (χ3v) is 8.25. The molecule has 254 valence electrons. The summed E-state index contributed by atoms with van der Waals surface area (Å²) in [5.41, 5.74) is -2.02. The highest BCUT2D eigenvalue weighted by Gasteiger charge is 2.48. The molecule has 0 amide bonds. The first-order valence-corrected chi connectivity index (χ1v) is 15.7. The van der Waals surface area contributed by atoms with E-state index in [1.165, 1.54) is 27.7 Å². The average Bonchev–Trinajstić information content (AvgIpc) is 3.67. The molecule has 0 radical (unpaired) electrons. The topological polar surface area (TPSA) is 158 Å². The molecule has 10 atom stereocenters. The molecule has 0 aromatic carbocycles. The van der Waals surface area contributed by atoms with Gasteiger partial charge in [-0.15, -0.1) is 0 Å². The lowest BCUT2D eigenvalue weighted by molar-refractivity contribution is -0.160. The number of esters is 4. The van der Waals surface area contributed by atoms with Gasteiger partial charge in [0.25, 0.3) is 0 Å². The number of ether oxygens (including phenoxy) is 5. The summed E-state index contributed by atoms with van der Waals surface area (Å²) in [5, 5.41) is 22.2. The number of hydrogen-bond acceptors (Lipinski definition) is 11. The Morgan fingerprint density at radius 3 is 2.36 bits per heavy atom. The van der Waals surface area contributed by atoms with Crippen LogP contribution in [0.4, 0.5) is 0 Å². The maximum absolute atomic E-state index is 13.0. The van der Waals surface area contributed by atoms with Crippen LogP contribution in [0.15, 0.2) is 36.0 Å². The van der Waals surface area contributed by atoms with Crippen LogP contribution in [-0.2, 0) is 42.9 Å². The van der Waals surface area contributed by atoms with Crippen molar-refractivity contribution in [3.8, 4) is 0 Å². The van der Waals surface area contributed by atoms with E-state index in [-0.39, 0.29) is 49.5 Å². The highest BCUT2D eigenvalue weighted by atomic mass is 16.6. The predicted molar refractivity (Wildman–Crippen MR) is 166 cm³/mol. The summed E-state index contributed by atoms with van der Waals surface area (Å²) >= 11 is 0. The van der Waals surface area contributed by atoms with Gasteiger partial charge < -0.3 is 33.9 Å². The molecule has 2 heterocycles. The van der Waals surface area contributed by atoms with Gasteiger partial charge in [-0.2, -0.15) is 0 Å². The number of rotatable bonds is 11. The van der Waals surface area contributed by atoms with Crippen molar-refractivity contribution in [3.05, 3.63) is 36.0 Å². The lowest BCUT2D eigenvalue weighted by atomic mass is 9.88. The fourth-order valence-electron chi connectivity index (χ4n) is 5.70. The van der Waals surface area contributed by atoms with Gasteiger partial charge >= 0.3 is 23.9 Å². The lowest BCUT2D eigenvalue weighted by Gasteiger charge is -2.33. The van der Waals surface area contributed by atoms with Crippen LogP contribution < -0.4 is 0 Å². The fraction of sp³-hybridized carbons (Fsp3) is 0.706. The van der Waals surface area contributed by atoms with Crippen LogP contribution in [0.5, 0.6) is 0 Å². The first kappa shape index (κ1) is 38.2. The summed E-state index contributed by atoms with van der Waals surface area (Å²) < 4.78 is 27.8. The molecule has 2 aliphatic rings. The summed E-state index contributed by atoms with van der Waals surface area (Å²) in [6.07, 6.45) is 6.31. The average molecular weight is 637 g/mol. The third kappa shape index (κ3) is 12.7. The second kappa shape index (κ2) is 16.5. The Balaban J connectivity index is 2.23. The third-order valence-electron chi connectivity index (χ3n) is 8.25. The minimum atomic E-state index is -1.49. The molecule has 2 N–H and O–H groups in total. The van der Waals surface area contributed by atoms with Gasteiger partial charge in [0.15, 0.2) is 0 Å². The van der Waals surface area contributed by atoms with E-state index in [4.69, 9.17) is 23.7 Å². The molecule has 10 unspecified atom stereocenters. The van der Waals surface area contributed by atoms with E-state index < -0.39 is 53.3 Å². The van der Waals surface area contributed by atoms with E-state index in [0.29, 0.717) is 18.4 Å². The lowest BCUT2D eigenvalue weighted by Crippen LogP contribution is -2.42. The van der Waals surface area contributed by atoms with E-state index in [0.717, 1.165) is 0 Å². The van der Waals surface area contributed by atoms with Crippen molar-refractivity contribution in [3.63, 3.8) is 0 Å². The maximum Gasteiger partial charge on any atom is 0.310 e. The van der Waals surface area contributed by atoms with Crippen LogP contribution in [0.1, 0.15) is 94.4 Å². The fourth-order valence-corrected chi connectivity index (χ4v) is 5.70. The van der Waals surface area contributed by atoms with Gasteiger partial charge in [-0.1, -0.05) is 45.1 Å². The smallest absolute Gasteiger partial charge is 0.310 e. The minimum Gasteiger partial charge on any atom is -0.462 e. The molecule has 11 heteroatoms. The number of epoxide rings is 1. The molecular weight excluding hydrogens is 584 g/mol. The highest BCUT2D eigenvalue weighted by molar-refractivity contribution is 5.72. The van der Waals surface area contributed by atoms with Gasteiger partial charge in [0.1, 0.15) is 30.0 Å². The Labute approximate surface area is 267 Å². The van der Waals surface area contributed by atoms with Gasteiger partial charge in [-0.3, -0.25) is 19.2 Å². The molecule has 0 bridgehead atoms. The van der Waals surface area contributed by atoms with Crippen molar-refractivity contribution >= 4 is 23.9 Å². The van der Waals surface area contributed by atoms with Crippen molar-refractivity contribution in [1.29, 1.82) is 0 Å². The van der Waals surface area contributed by atoms with E-state index in [1.54, 1.807) is 44.2 Å². The van der Waals surface area contributed by atoms with Crippen LogP contribution in [0.3, 0.4) is 0 Å². The molecule has 0 saturated carbocycles. The summed E-state index contributed by atoms with van der Waals surface area (Å²) in [5.74, 6) is -2.45. The number of carbonyl (C=O) groups excluding carboxylic acids is 4. The van der Waals surface area contributed by atoms with Gasteiger partial charge in [-0.25, -0.2) is 0 Å². The van der Waals surface area contributed by atoms with Crippen molar-refractivity contribution in [2.45, 2.75) is 142 Å². The highest BCUT2D eigenvalue weighted by Crippen LogP contribution is 2.38. The first-order chi connectivity index (χ1) is 20.8. The standard InChI is InChI=1S/C34H52O11/c1-10-27(42-24(6)36)22(4)32-28(44-32)19-33(8,39)16-11-12-20(2)31-21(3)13-14-29(43-25(7)37)34(9,40)17-15-26(41-23(5)35)18-30(38)45-31/h11-14,16,21-22,26-29,31-32,39-40H,10,15,17-19H2,1-9H3/b14-13+,16-11+,20-12+. The maximum atomic E-state index is 13.0. The SMILES string of the molecule is CCC(OC(C)=O)C(C)C1OC1CC(C)(O)/C=C/C=C(\C)C1OC(=O)CC(OC(C)=O)CCC(C)(O)C(OC(C)=O)/C=C/C1C. The molecule has 0 spiro atoms. The van der Waals surface area contributed by atoms with Crippen molar-refractivity contribution < 1.29 is 53.1 Å². The Morgan fingerprint density at radius 1 is 1.13 bits per heavy atom. The molecule has 1 fully saturated rings. The van der Waals surface area contributed by atoms with Gasteiger partial charge in [0.2, 0.25) is 0 Å². The molecule has 11 nitrogen and oxygen atoms in total. The summed E-state index contributed by atoms with van der Waals surface area (Å²) in [6.45, 7) is 14.6. The van der Waals surface area contributed by atoms with Crippen LogP contribution in [0, 0.1) is 11.8 Å². The normalized spacial score (nSPS) is 33.0. The number of carbonyl (C=O) groups is 4. The quantitative estimate of drug-likeness (QED) is 0.110. The summed E-state index contributed by atoms with van der Waals surface area (Å²) in [7, 11) is 0. The molecule has 1 saturated heterocycles. The number of hydrogen-bond donors (Lipinski definition) is 2. The molecule has 2 rings (SSSR count). The molecule has 45 heavy (non-hydrogen) atoms. The summed E-state index contributed by atoms with van der Waals surface area (Å²) in [4.78, 5) is 48.0. The van der Waals surface area contributed by atoms with Crippen LogP contribution in [0.25, 0.3) is 0 Å². The first-order valence-electron chi connectivity index (χ1n) is 15.7. The molecule has 0 aliphatic carbocycles. The number of cyclic esters (lactones) is 1. The van der Waals surface area contributed by atoms with Crippen molar-refractivity contribution in [2.24, 2.45) is 11.8 Å². The Morgan fingerprint density at radius 2 is 1.78 bits per heavy atom. The van der Waals surface area contributed by atoms with Gasteiger partial charge in [0, 0.05) is 39.0 Å². The minimum absolute atomic E-state index is 0.0132. The zero-order valence-electron chi connectivity index (χ0n) is 28.1. The molecule has 0 aromatic heterocycles. The Bertz CT molecular complexity index is 1130. The Kier molecular flexibility index (Phi) is 14.0. The predicted octanol–water partition coefficient (Wildman–Crippen LogP) is 4.28. The zero-order valence-corrected chi connectivity index (χ0v) is 28.1. The van der Waals surface area contributed by atoms with Crippen LogP contribution >= 0.6 is 0 Å². The van der Waals surface area contributed by atoms with E-state index in [1.807, 2.05) is 20.8 Å². The largest absolute Gasteiger partial charge is 0.462 e. The van der Waals surface area contributed by atoms with E-state index in [9.17, 15) is 29.4 Å². The van der Waals surface area contributed by atoms with E-state index in [2.05, 4.69) is 0 Å². The van der Waals surface area contributed by atoms with Crippen LogP contribution in [0.2, 0.25) is 0 Å². The second-order valence-corrected chi connectivity index (χ2v) is 12.9. The monoisotopic (exact) mass is 636 g/mol.